The highest BCUT2D eigenvalue weighted by Crippen LogP contribution is 2.08. The quantitative estimate of drug-likeness (QED) is 0.368. The maximum Gasteiger partial charge on any atom is 0.256 e. The van der Waals surface area contributed by atoms with Crippen molar-refractivity contribution in [3.63, 3.8) is 0 Å². The molecule has 132 valence electrons. The zero-order valence-electron chi connectivity index (χ0n) is 15.7. The molecule has 1 aromatic carbocycles. The fourth-order valence-electron chi connectivity index (χ4n) is 3.40. The lowest BCUT2D eigenvalue weighted by Crippen LogP contribution is -2.37. The molecule has 0 saturated carbocycles. The van der Waals surface area contributed by atoms with Gasteiger partial charge in [0.25, 0.3) is 5.82 Å². The first-order valence-electron chi connectivity index (χ1n) is 9.96. The molecule has 0 fully saturated rings. The van der Waals surface area contributed by atoms with Crippen LogP contribution in [0.2, 0.25) is 0 Å². The van der Waals surface area contributed by atoms with Crippen molar-refractivity contribution in [2.45, 2.75) is 84.7 Å². The van der Waals surface area contributed by atoms with Crippen molar-refractivity contribution in [1.29, 1.82) is 0 Å². The summed E-state index contributed by atoms with van der Waals surface area (Å²) in [6.07, 6.45) is 16.2. The van der Waals surface area contributed by atoms with Gasteiger partial charge < -0.3 is 0 Å². The van der Waals surface area contributed by atoms with Gasteiger partial charge in [-0.25, -0.2) is 9.13 Å². The van der Waals surface area contributed by atoms with Crippen LogP contribution >= 0.6 is 0 Å². The molecule has 2 heteroatoms. The minimum absolute atomic E-state index is 1.13. The van der Waals surface area contributed by atoms with Gasteiger partial charge in [-0.05, 0) is 37.7 Å². The van der Waals surface area contributed by atoms with Crippen LogP contribution in [0.5, 0.6) is 0 Å². The first-order valence-corrected chi connectivity index (χ1v) is 9.96. The molecule has 0 saturated heterocycles. The first kappa shape index (κ1) is 18.8. The number of hydrogen-bond acceptors (Lipinski definition) is 0. The van der Waals surface area contributed by atoms with Crippen LogP contribution in [0, 0.1) is 0 Å². The van der Waals surface area contributed by atoms with Gasteiger partial charge in [-0.15, -0.1) is 0 Å². The number of rotatable bonds is 12. The number of nitrogens with zero attached hydrogens (tertiary/aromatic N) is 2. The van der Waals surface area contributed by atoms with Gasteiger partial charge in [-0.3, -0.25) is 0 Å². The Kier molecular flexibility index (Phi) is 8.65. The van der Waals surface area contributed by atoms with E-state index in [4.69, 9.17) is 0 Å². The van der Waals surface area contributed by atoms with Gasteiger partial charge in [0.05, 0.1) is 13.1 Å². The summed E-state index contributed by atoms with van der Waals surface area (Å²) >= 11 is 0. The first-order chi connectivity index (χ1) is 11.8. The molecule has 0 atom stereocenters. The molecule has 0 aliphatic carbocycles. The summed E-state index contributed by atoms with van der Waals surface area (Å²) in [5.74, 6) is 1.51. The zero-order chi connectivity index (χ0) is 17.0. The average Bonchev–Trinajstić information content (AvgIpc) is 2.98. The van der Waals surface area contributed by atoms with Gasteiger partial charge in [0, 0.05) is 6.42 Å². The minimum atomic E-state index is 1.13. The van der Waals surface area contributed by atoms with E-state index in [9.17, 15) is 0 Å². The third kappa shape index (κ3) is 6.14. The van der Waals surface area contributed by atoms with Crippen molar-refractivity contribution in [3.05, 3.63) is 54.1 Å². The summed E-state index contributed by atoms with van der Waals surface area (Å²) in [6.45, 7) is 6.88. The zero-order valence-corrected chi connectivity index (χ0v) is 15.7. The molecule has 0 amide bonds. The van der Waals surface area contributed by atoms with Crippen molar-refractivity contribution < 1.29 is 4.57 Å². The van der Waals surface area contributed by atoms with E-state index in [-0.39, 0.29) is 0 Å². The van der Waals surface area contributed by atoms with Gasteiger partial charge in [-0.1, -0.05) is 63.4 Å². The van der Waals surface area contributed by atoms with Gasteiger partial charge in [0.15, 0.2) is 0 Å². The molecule has 2 nitrogen and oxygen atoms in total. The predicted molar refractivity (Wildman–Crippen MR) is 102 cm³/mol. The molecule has 0 aliphatic rings. The molecule has 0 bridgehead atoms. The van der Waals surface area contributed by atoms with Crippen molar-refractivity contribution in [3.8, 4) is 0 Å². The summed E-state index contributed by atoms with van der Waals surface area (Å²) in [4.78, 5) is 0. The molecule has 1 heterocycles. The van der Waals surface area contributed by atoms with E-state index in [2.05, 4.69) is 65.7 Å². The topological polar surface area (TPSA) is 8.81 Å². The third-order valence-corrected chi connectivity index (χ3v) is 4.77. The van der Waals surface area contributed by atoms with Crippen LogP contribution in [0.25, 0.3) is 0 Å². The normalized spacial score (nSPS) is 11.1. The highest BCUT2D eigenvalue weighted by atomic mass is 15.1. The summed E-state index contributed by atoms with van der Waals surface area (Å²) < 4.78 is 4.98. The summed E-state index contributed by atoms with van der Waals surface area (Å²) in [5, 5.41) is 0. The second kappa shape index (κ2) is 11.1. The third-order valence-electron chi connectivity index (χ3n) is 4.77. The molecule has 1 aromatic heterocycles. The number of imidazole rings is 1. The smallest absolute Gasteiger partial charge is 0.234 e. The molecular formula is C22H35N2+. The lowest BCUT2D eigenvalue weighted by molar-refractivity contribution is -0.704. The average molecular weight is 328 g/mol. The number of benzene rings is 1. The van der Waals surface area contributed by atoms with E-state index >= 15 is 0 Å². The maximum absolute atomic E-state index is 2.50. The summed E-state index contributed by atoms with van der Waals surface area (Å²) in [5.41, 5.74) is 1.45. The summed E-state index contributed by atoms with van der Waals surface area (Å²) in [7, 11) is 0. The molecule has 0 unspecified atom stereocenters. The second-order valence-corrected chi connectivity index (χ2v) is 6.85. The molecule has 2 aromatic rings. The highest BCUT2D eigenvalue weighted by Gasteiger charge is 2.15. The van der Waals surface area contributed by atoms with E-state index in [1.54, 1.807) is 0 Å². The molecule has 0 radical (unpaired) electrons. The largest absolute Gasteiger partial charge is 0.256 e. The van der Waals surface area contributed by atoms with Gasteiger partial charge in [0.1, 0.15) is 12.4 Å². The minimum Gasteiger partial charge on any atom is -0.234 e. The van der Waals surface area contributed by atoms with Crippen LogP contribution in [0.4, 0.5) is 0 Å². The Morgan fingerprint density at radius 3 is 2.38 bits per heavy atom. The Morgan fingerprint density at radius 1 is 0.833 bits per heavy atom. The Morgan fingerprint density at radius 2 is 1.62 bits per heavy atom. The van der Waals surface area contributed by atoms with Gasteiger partial charge >= 0.3 is 0 Å². The Labute approximate surface area is 148 Å². The van der Waals surface area contributed by atoms with E-state index < -0.39 is 0 Å². The van der Waals surface area contributed by atoms with Crippen LogP contribution < -0.4 is 4.57 Å². The molecule has 2 rings (SSSR count). The SMILES string of the molecule is CCCCCCCn1cc[n+](CCCc2ccccc2)c1CCC. The molecule has 0 N–H and O–H groups in total. The van der Waals surface area contributed by atoms with Crippen LogP contribution in [0.3, 0.4) is 0 Å². The Bertz CT molecular complexity index is 557. The van der Waals surface area contributed by atoms with E-state index in [1.807, 2.05) is 0 Å². The van der Waals surface area contributed by atoms with E-state index in [1.165, 1.54) is 75.7 Å². The molecule has 0 spiro atoms. The molecule has 24 heavy (non-hydrogen) atoms. The fourth-order valence-corrected chi connectivity index (χ4v) is 3.40. The van der Waals surface area contributed by atoms with Gasteiger partial charge in [-0.2, -0.15) is 0 Å². The van der Waals surface area contributed by atoms with Gasteiger partial charge in [0.2, 0.25) is 0 Å². The molecule has 0 aliphatic heterocycles. The fraction of sp³-hybridized carbons (Fsp3) is 0.591. The number of hydrogen-bond donors (Lipinski definition) is 0. The molecular weight excluding hydrogens is 292 g/mol. The van der Waals surface area contributed by atoms with Crippen molar-refractivity contribution in [2.75, 3.05) is 0 Å². The van der Waals surface area contributed by atoms with Crippen molar-refractivity contribution >= 4 is 0 Å². The predicted octanol–water partition coefficient (Wildman–Crippen LogP) is 5.33. The summed E-state index contributed by atoms with van der Waals surface area (Å²) in [6, 6.07) is 10.8. The maximum atomic E-state index is 2.50. The lowest BCUT2D eigenvalue weighted by atomic mass is 10.1. The number of unbranched alkanes of at least 4 members (excludes halogenated alkanes) is 4. The standard InChI is InChI=1S/C22H35N2/c1-3-5-6-7-11-17-23-19-20-24(22(23)13-4-2)18-12-16-21-14-9-8-10-15-21/h8-10,14-15,19-20H,3-7,11-13,16-18H2,1-2H3/q+1. The number of aromatic nitrogens is 2. The van der Waals surface area contributed by atoms with Crippen LogP contribution in [-0.4, -0.2) is 4.57 Å². The van der Waals surface area contributed by atoms with Crippen LogP contribution in [0.1, 0.15) is 70.2 Å². The highest BCUT2D eigenvalue weighted by molar-refractivity contribution is 5.14. The van der Waals surface area contributed by atoms with E-state index in [0.717, 1.165) is 6.54 Å². The van der Waals surface area contributed by atoms with Crippen molar-refractivity contribution in [1.82, 2.24) is 4.57 Å². The van der Waals surface area contributed by atoms with E-state index in [0.29, 0.717) is 0 Å². The second-order valence-electron chi connectivity index (χ2n) is 6.85. The lowest BCUT2D eigenvalue weighted by Gasteiger charge is -2.05. The monoisotopic (exact) mass is 327 g/mol. The Hall–Kier alpha value is -1.57. The Balaban J connectivity index is 1.84. The van der Waals surface area contributed by atoms with Crippen LogP contribution in [-0.2, 0) is 25.9 Å². The van der Waals surface area contributed by atoms with Crippen LogP contribution in [0.15, 0.2) is 42.7 Å². The van der Waals surface area contributed by atoms with Crippen molar-refractivity contribution in [2.24, 2.45) is 0 Å². The number of aryl methyl sites for hydroxylation is 3.